The summed E-state index contributed by atoms with van der Waals surface area (Å²) < 4.78 is 44.5. The summed E-state index contributed by atoms with van der Waals surface area (Å²) in [6.45, 7) is 0. The summed E-state index contributed by atoms with van der Waals surface area (Å²) in [7, 11) is -10.5. The molecule has 0 atom stereocenters. The van der Waals surface area contributed by atoms with E-state index in [0.29, 0.717) is 0 Å². The molecule has 0 fully saturated rings. The average Bonchev–Trinajstić information content (AvgIpc) is 1.58. The molecule has 0 radical (unpaired) electrons. The zero-order chi connectivity index (χ0) is 9.50. The van der Waals surface area contributed by atoms with Crippen LogP contribution in [0.1, 0.15) is 0 Å². The number of hydrogen-bond acceptors (Lipinski definition) is 4. The van der Waals surface area contributed by atoms with Crippen LogP contribution in [0.25, 0.3) is 0 Å². The Morgan fingerprint density at radius 1 is 0.818 bits per heavy atom. The first-order valence-corrected chi connectivity index (χ1v) is 10.7. The van der Waals surface area contributed by atoms with Crippen molar-refractivity contribution in [1.82, 2.24) is 0 Å². The van der Waals surface area contributed by atoms with Crippen molar-refractivity contribution >= 4 is 25.8 Å². The fourth-order valence-corrected chi connectivity index (χ4v) is 12.8. The third-order valence-corrected chi connectivity index (χ3v) is 17.1. The minimum atomic E-state index is -3.90. The van der Waals surface area contributed by atoms with Crippen LogP contribution in [0.5, 0.6) is 0 Å². The van der Waals surface area contributed by atoms with Crippen molar-refractivity contribution in [2.24, 2.45) is 0 Å². The smallest absolute Gasteiger partial charge is 0.262 e. The van der Waals surface area contributed by atoms with Gasteiger partial charge in [-0.1, -0.05) is 0 Å². The first-order chi connectivity index (χ1) is 4.50. The average molecular weight is 222 g/mol. The third kappa shape index (κ3) is 2.09. The highest BCUT2D eigenvalue weighted by Gasteiger charge is 2.29. The molecule has 0 rings (SSSR count). The van der Waals surface area contributed by atoms with E-state index >= 15 is 0 Å². The topological polar surface area (TPSA) is 68.3 Å². The lowest BCUT2D eigenvalue weighted by molar-refractivity contribution is 0.612. The predicted octanol–water partition coefficient (Wildman–Crippen LogP) is -1.22. The number of thiol groups is 2. The van der Waals surface area contributed by atoms with Crippen molar-refractivity contribution < 1.29 is 16.8 Å². The zero-order valence-electron chi connectivity index (χ0n) is 6.94. The second-order valence-electron chi connectivity index (χ2n) is 2.95. The van der Waals surface area contributed by atoms with Gasteiger partial charge in [0.15, 0.2) is 0 Å². The normalized spacial score (nSPS) is 17.8. The van der Waals surface area contributed by atoms with E-state index in [0.717, 1.165) is 25.0 Å². The van der Waals surface area contributed by atoms with Crippen molar-refractivity contribution in [3.8, 4) is 0 Å². The van der Waals surface area contributed by atoms with Crippen LogP contribution in [0.15, 0.2) is 0 Å². The van der Waals surface area contributed by atoms with Crippen LogP contribution in [0, 0.1) is 0 Å². The molecule has 0 aromatic rings. The van der Waals surface area contributed by atoms with E-state index in [1.54, 1.807) is 0 Å². The summed E-state index contributed by atoms with van der Waals surface area (Å²) in [6, 6.07) is 0. The minimum Gasteiger partial charge on any atom is -0.270 e. The fraction of sp³-hybridized carbons (Fsp3) is 1.00. The molecule has 0 N–H and O–H groups in total. The molecule has 0 heterocycles. The maximum absolute atomic E-state index is 11.1. The van der Waals surface area contributed by atoms with Gasteiger partial charge in [-0.25, -0.2) is 8.42 Å². The Balaban J connectivity index is 5.49. The molecule has 72 valence electrons. The fourth-order valence-electron chi connectivity index (χ4n) is 0.474. The van der Waals surface area contributed by atoms with Crippen LogP contribution in [-0.2, 0) is 25.8 Å². The summed E-state index contributed by atoms with van der Waals surface area (Å²) in [4.78, 5) is 0. The maximum atomic E-state index is 11.1. The van der Waals surface area contributed by atoms with Gasteiger partial charge in [-0.05, 0) is 17.9 Å². The molecule has 0 spiro atoms. The van der Waals surface area contributed by atoms with E-state index in [4.69, 9.17) is 0 Å². The minimum absolute atomic E-state index is 1.11. The van der Waals surface area contributed by atoms with Crippen LogP contribution < -0.4 is 0 Å². The molecule has 0 unspecified atom stereocenters. The Bertz CT molecular complexity index is 298. The van der Waals surface area contributed by atoms with Gasteiger partial charge in [0.1, 0.15) is 0 Å². The lowest BCUT2D eigenvalue weighted by Gasteiger charge is -2.20. The highest BCUT2D eigenvalue weighted by atomic mass is 33.6. The summed E-state index contributed by atoms with van der Waals surface area (Å²) in [5.74, 6) is 0. The molecule has 0 aliphatic heterocycles. The summed E-state index contributed by atoms with van der Waals surface area (Å²) >= 11 is 0. The van der Waals surface area contributed by atoms with Gasteiger partial charge in [0.2, 0.25) is 0 Å². The maximum Gasteiger partial charge on any atom is 0.262 e. The largest absolute Gasteiger partial charge is 0.270 e. The van der Waals surface area contributed by atoms with E-state index < -0.39 is 25.8 Å². The van der Waals surface area contributed by atoms with Crippen molar-refractivity contribution in [2.45, 2.75) is 0 Å². The van der Waals surface area contributed by atoms with E-state index in [2.05, 4.69) is 0 Å². The molecule has 0 saturated heterocycles. The van der Waals surface area contributed by atoms with Gasteiger partial charge in [0.25, 0.3) is 7.90 Å². The highest BCUT2D eigenvalue weighted by molar-refractivity contribution is 9.04. The Morgan fingerprint density at radius 2 is 1.00 bits per heavy atom. The van der Waals surface area contributed by atoms with Crippen molar-refractivity contribution in [1.29, 1.82) is 0 Å². The predicted molar refractivity (Wildman–Crippen MR) is 51.7 cm³/mol. The Morgan fingerprint density at radius 3 is 1.00 bits per heavy atom. The monoisotopic (exact) mass is 222 g/mol. The summed E-state index contributed by atoms with van der Waals surface area (Å²) in [5, 5.41) is 0. The van der Waals surface area contributed by atoms with E-state index in [-0.39, 0.29) is 0 Å². The van der Waals surface area contributed by atoms with Gasteiger partial charge in [-0.2, -0.15) is 0 Å². The van der Waals surface area contributed by atoms with Crippen molar-refractivity contribution in [3.63, 3.8) is 0 Å². The molecular weight excluding hydrogens is 208 g/mol. The Hall–Kier alpha value is 0.250. The molecule has 0 saturated carbocycles. The van der Waals surface area contributed by atoms with E-state index in [1.165, 1.54) is 0 Å². The summed E-state index contributed by atoms with van der Waals surface area (Å²) in [6.07, 6.45) is 4.45. The Labute approximate surface area is 67.9 Å². The zero-order valence-corrected chi connectivity index (χ0v) is 9.54. The number of hydrogen-bond donors (Lipinski definition) is 2. The van der Waals surface area contributed by atoms with Gasteiger partial charge < -0.3 is 0 Å². The van der Waals surface area contributed by atoms with E-state index in [1.807, 2.05) is 0 Å². The quantitative estimate of drug-likeness (QED) is 0.454. The first-order valence-electron chi connectivity index (χ1n) is 2.85. The van der Waals surface area contributed by atoms with Crippen LogP contribution in [0.2, 0.25) is 0 Å². The SMILES string of the molecule is C[SH](C)(=O)S(=O)(=O)[SH](C)(C)=O. The van der Waals surface area contributed by atoms with Crippen LogP contribution >= 0.6 is 0 Å². The van der Waals surface area contributed by atoms with Gasteiger partial charge in [0.05, 0.1) is 0 Å². The third-order valence-electron chi connectivity index (χ3n) is 1.11. The standard InChI is InChI=1S/C4H14O4S3/c1-9(2,5)11(7,8)10(3,4)6/h9-10H,1-4H3. The first kappa shape index (κ1) is 11.2. The highest BCUT2D eigenvalue weighted by Crippen LogP contribution is 2.17. The second-order valence-corrected chi connectivity index (χ2v) is 17.9. The van der Waals surface area contributed by atoms with Crippen LogP contribution in [0.3, 0.4) is 0 Å². The molecular formula is C4H14O4S3. The molecule has 0 bridgehead atoms. The molecule has 11 heavy (non-hydrogen) atoms. The van der Waals surface area contributed by atoms with Crippen molar-refractivity contribution in [3.05, 3.63) is 0 Å². The lowest BCUT2D eigenvalue weighted by atomic mass is 11.9. The molecule has 0 aliphatic rings. The number of rotatable bonds is 2. The molecule has 0 amide bonds. The van der Waals surface area contributed by atoms with Gasteiger partial charge in [-0.15, -0.1) is 0 Å². The second kappa shape index (κ2) is 2.63. The lowest BCUT2D eigenvalue weighted by Crippen LogP contribution is -2.31. The molecule has 7 heteroatoms. The van der Waals surface area contributed by atoms with Crippen LogP contribution in [-0.4, -0.2) is 41.9 Å². The molecule has 0 aliphatic carbocycles. The van der Waals surface area contributed by atoms with Gasteiger partial charge in [-0.3, -0.25) is 8.42 Å². The molecule has 4 nitrogen and oxygen atoms in total. The van der Waals surface area contributed by atoms with Gasteiger partial charge >= 0.3 is 0 Å². The molecule has 0 aromatic carbocycles. The van der Waals surface area contributed by atoms with Crippen LogP contribution in [0.4, 0.5) is 0 Å². The van der Waals surface area contributed by atoms with Crippen molar-refractivity contribution in [2.75, 3.05) is 25.0 Å². The summed E-state index contributed by atoms with van der Waals surface area (Å²) in [5.41, 5.74) is 0. The van der Waals surface area contributed by atoms with E-state index in [9.17, 15) is 16.8 Å². The Kier molecular flexibility index (Phi) is 2.69. The van der Waals surface area contributed by atoms with Gasteiger partial charge in [0, 0.05) is 25.0 Å². The molecule has 0 aromatic heterocycles.